The van der Waals surface area contributed by atoms with E-state index < -0.39 is 0 Å². The van der Waals surface area contributed by atoms with Gasteiger partial charge in [0.2, 0.25) is 0 Å². The van der Waals surface area contributed by atoms with Gasteiger partial charge in [0.05, 0.1) is 13.2 Å². The summed E-state index contributed by atoms with van der Waals surface area (Å²) in [6.45, 7) is 7.86. The van der Waals surface area contributed by atoms with Gasteiger partial charge in [0.1, 0.15) is 0 Å². The summed E-state index contributed by atoms with van der Waals surface area (Å²) < 4.78 is 0. The molecule has 4 heteroatoms. The zero-order valence-corrected chi connectivity index (χ0v) is 9.51. The van der Waals surface area contributed by atoms with E-state index in [0.717, 1.165) is 19.5 Å². The van der Waals surface area contributed by atoms with Crippen molar-refractivity contribution in [3.05, 3.63) is 0 Å². The molecule has 0 spiro atoms. The molecule has 0 unspecified atom stereocenters. The molecule has 86 valence electrons. The lowest BCUT2D eigenvalue weighted by Crippen LogP contribution is -2.46. The van der Waals surface area contributed by atoms with Gasteiger partial charge in [-0.2, -0.15) is 0 Å². The molecule has 0 fully saturated rings. The molecule has 0 amide bonds. The third kappa shape index (κ3) is 6.32. The van der Waals surface area contributed by atoms with Crippen molar-refractivity contribution in [3.63, 3.8) is 0 Å². The van der Waals surface area contributed by atoms with Crippen molar-refractivity contribution in [1.29, 1.82) is 0 Å². The maximum absolute atomic E-state index is 8.97. The molecule has 0 saturated heterocycles. The number of aliphatic hydroxyl groups excluding tert-OH is 2. The van der Waals surface area contributed by atoms with Crippen LogP contribution in [0.1, 0.15) is 27.2 Å². The topological polar surface area (TPSA) is 64.5 Å². The van der Waals surface area contributed by atoms with Gasteiger partial charge in [-0.05, 0) is 20.3 Å². The molecule has 0 heterocycles. The minimum Gasteiger partial charge on any atom is -0.395 e. The fourth-order valence-corrected chi connectivity index (χ4v) is 1.07. The molecule has 0 bridgehead atoms. The first kappa shape index (κ1) is 13.8. The van der Waals surface area contributed by atoms with Gasteiger partial charge in [0, 0.05) is 24.7 Å². The number of hydrogen-bond acceptors (Lipinski definition) is 4. The summed E-state index contributed by atoms with van der Waals surface area (Å²) in [5.74, 6) is 0. The first-order valence-electron chi connectivity index (χ1n) is 5.26. The second-order valence-electron chi connectivity index (χ2n) is 4.21. The Morgan fingerprint density at radius 1 is 1.21 bits per heavy atom. The van der Waals surface area contributed by atoms with Gasteiger partial charge in [-0.25, -0.2) is 0 Å². The smallest absolute Gasteiger partial charge is 0.0607 e. The quantitative estimate of drug-likeness (QED) is 0.410. The van der Waals surface area contributed by atoms with Gasteiger partial charge < -0.3 is 20.8 Å². The summed E-state index contributed by atoms with van der Waals surface area (Å²) in [6, 6.07) is 0.189. The molecule has 4 nitrogen and oxygen atoms in total. The summed E-state index contributed by atoms with van der Waals surface area (Å²) in [5.41, 5.74) is -0.220. The van der Waals surface area contributed by atoms with Crippen molar-refractivity contribution < 1.29 is 10.2 Å². The van der Waals surface area contributed by atoms with E-state index in [1.165, 1.54) is 0 Å². The highest BCUT2D eigenvalue weighted by Crippen LogP contribution is 1.97. The Balaban J connectivity index is 3.45. The summed E-state index contributed by atoms with van der Waals surface area (Å²) in [4.78, 5) is 0. The van der Waals surface area contributed by atoms with E-state index in [0.29, 0.717) is 0 Å². The molecule has 0 aromatic heterocycles. The second kappa shape index (κ2) is 7.17. The molecule has 0 aromatic rings. The predicted octanol–water partition coefficient (Wildman–Crippen LogP) is -0.293. The van der Waals surface area contributed by atoms with E-state index in [9.17, 15) is 0 Å². The maximum atomic E-state index is 8.97. The Morgan fingerprint density at radius 3 is 2.29 bits per heavy atom. The molecule has 0 aliphatic rings. The Morgan fingerprint density at radius 2 is 1.86 bits per heavy atom. The van der Waals surface area contributed by atoms with Crippen LogP contribution in [0.3, 0.4) is 0 Å². The van der Waals surface area contributed by atoms with E-state index in [2.05, 4.69) is 10.6 Å². The Bertz CT molecular complexity index is 136. The van der Waals surface area contributed by atoms with Crippen molar-refractivity contribution in [3.8, 4) is 0 Å². The van der Waals surface area contributed by atoms with Crippen LogP contribution in [0.5, 0.6) is 0 Å². The molecule has 0 aromatic carbocycles. The average molecular weight is 204 g/mol. The standard InChI is InChI=1S/C10H24N2O2/c1-4-9(7-13)11-5-6-12-10(2,3)8-14/h9,11-14H,4-8H2,1-3H3/t9-/m0/s1. The third-order valence-electron chi connectivity index (χ3n) is 2.27. The van der Waals surface area contributed by atoms with Crippen molar-refractivity contribution in [1.82, 2.24) is 10.6 Å². The minimum atomic E-state index is -0.220. The maximum Gasteiger partial charge on any atom is 0.0607 e. The second-order valence-corrected chi connectivity index (χ2v) is 4.21. The van der Waals surface area contributed by atoms with Crippen molar-refractivity contribution in [2.24, 2.45) is 0 Å². The molecule has 14 heavy (non-hydrogen) atoms. The van der Waals surface area contributed by atoms with Crippen LogP contribution in [0.2, 0.25) is 0 Å². The number of rotatable bonds is 8. The monoisotopic (exact) mass is 204 g/mol. The fourth-order valence-electron chi connectivity index (χ4n) is 1.07. The van der Waals surface area contributed by atoms with E-state index >= 15 is 0 Å². The van der Waals surface area contributed by atoms with E-state index in [4.69, 9.17) is 10.2 Å². The van der Waals surface area contributed by atoms with E-state index in [1.807, 2.05) is 20.8 Å². The first-order valence-corrected chi connectivity index (χ1v) is 5.26. The van der Waals surface area contributed by atoms with Gasteiger partial charge in [0.15, 0.2) is 0 Å². The van der Waals surface area contributed by atoms with Crippen LogP contribution in [-0.2, 0) is 0 Å². The van der Waals surface area contributed by atoms with Crippen LogP contribution in [0, 0.1) is 0 Å². The fraction of sp³-hybridized carbons (Fsp3) is 1.00. The Kier molecular flexibility index (Phi) is 7.09. The van der Waals surface area contributed by atoms with E-state index in [-0.39, 0.29) is 24.8 Å². The lowest BCUT2D eigenvalue weighted by atomic mass is 10.1. The molecular weight excluding hydrogens is 180 g/mol. The highest BCUT2D eigenvalue weighted by Gasteiger charge is 2.14. The molecule has 4 N–H and O–H groups in total. The van der Waals surface area contributed by atoms with Gasteiger partial charge in [-0.15, -0.1) is 0 Å². The van der Waals surface area contributed by atoms with Crippen LogP contribution in [0.4, 0.5) is 0 Å². The van der Waals surface area contributed by atoms with Crippen LogP contribution < -0.4 is 10.6 Å². The zero-order valence-electron chi connectivity index (χ0n) is 9.51. The molecule has 0 radical (unpaired) electrons. The van der Waals surface area contributed by atoms with Gasteiger partial charge in [0.25, 0.3) is 0 Å². The number of aliphatic hydroxyl groups is 2. The molecule has 0 rings (SSSR count). The number of hydrogen-bond donors (Lipinski definition) is 4. The van der Waals surface area contributed by atoms with E-state index in [1.54, 1.807) is 0 Å². The normalized spacial score (nSPS) is 14.4. The van der Waals surface area contributed by atoms with Gasteiger partial charge in [-0.1, -0.05) is 6.92 Å². The van der Waals surface area contributed by atoms with Crippen LogP contribution >= 0.6 is 0 Å². The lowest BCUT2D eigenvalue weighted by Gasteiger charge is -2.24. The predicted molar refractivity (Wildman–Crippen MR) is 58.3 cm³/mol. The molecule has 0 saturated carbocycles. The summed E-state index contributed by atoms with van der Waals surface area (Å²) in [6.07, 6.45) is 0.930. The highest BCUT2D eigenvalue weighted by molar-refractivity contribution is 4.76. The largest absolute Gasteiger partial charge is 0.395 e. The first-order chi connectivity index (χ1) is 6.55. The number of nitrogens with one attached hydrogen (secondary N) is 2. The lowest BCUT2D eigenvalue weighted by molar-refractivity contribution is 0.187. The summed E-state index contributed by atoms with van der Waals surface area (Å²) >= 11 is 0. The Labute approximate surface area is 86.7 Å². The summed E-state index contributed by atoms with van der Waals surface area (Å²) in [5, 5.41) is 24.3. The van der Waals surface area contributed by atoms with Crippen LogP contribution in [0.25, 0.3) is 0 Å². The molecule has 1 atom stereocenters. The minimum absolute atomic E-state index is 0.129. The van der Waals surface area contributed by atoms with Crippen molar-refractivity contribution >= 4 is 0 Å². The van der Waals surface area contributed by atoms with Gasteiger partial charge in [-0.3, -0.25) is 0 Å². The molecule has 0 aliphatic carbocycles. The molecule has 0 aliphatic heterocycles. The third-order valence-corrected chi connectivity index (χ3v) is 2.27. The van der Waals surface area contributed by atoms with Gasteiger partial charge >= 0.3 is 0 Å². The van der Waals surface area contributed by atoms with Crippen molar-refractivity contribution in [2.45, 2.75) is 38.8 Å². The molecular formula is C10H24N2O2. The van der Waals surface area contributed by atoms with Crippen LogP contribution in [0.15, 0.2) is 0 Å². The summed E-state index contributed by atoms with van der Waals surface area (Å²) in [7, 11) is 0. The highest BCUT2D eigenvalue weighted by atomic mass is 16.3. The van der Waals surface area contributed by atoms with Crippen molar-refractivity contribution in [2.75, 3.05) is 26.3 Å². The van der Waals surface area contributed by atoms with Crippen LogP contribution in [-0.4, -0.2) is 48.1 Å². The zero-order chi connectivity index (χ0) is 11.0. The average Bonchev–Trinajstić information content (AvgIpc) is 2.18. The Hall–Kier alpha value is -0.160. The SMILES string of the molecule is CC[C@@H](CO)NCCNC(C)(C)CO.